The van der Waals surface area contributed by atoms with E-state index in [1.54, 1.807) is 28.9 Å². The number of aromatic nitrogens is 2. The molecule has 1 amide bonds. The first-order valence-corrected chi connectivity index (χ1v) is 6.71. The van der Waals surface area contributed by atoms with Gasteiger partial charge >= 0.3 is 5.97 Å². The van der Waals surface area contributed by atoms with Crippen LogP contribution in [0, 0.1) is 5.41 Å². The van der Waals surface area contributed by atoms with Crippen molar-refractivity contribution in [3.8, 4) is 0 Å². The van der Waals surface area contributed by atoms with Crippen molar-refractivity contribution in [2.45, 2.75) is 39.7 Å². The SMILES string of the molecule is CC(C)(C)n1cc(C(=O)N2CC[C@@](C)(C(=O)O)C2)cn1. The summed E-state index contributed by atoms with van der Waals surface area (Å²) in [5, 5.41) is 13.4. The van der Waals surface area contributed by atoms with E-state index < -0.39 is 11.4 Å². The first kappa shape index (κ1) is 14.6. The summed E-state index contributed by atoms with van der Waals surface area (Å²) in [5.74, 6) is -0.997. The number of hydrogen-bond donors (Lipinski definition) is 1. The lowest BCUT2D eigenvalue weighted by Crippen LogP contribution is -2.34. The first-order chi connectivity index (χ1) is 9.13. The van der Waals surface area contributed by atoms with E-state index in [0.717, 1.165) is 0 Å². The van der Waals surface area contributed by atoms with Crippen molar-refractivity contribution in [3.63, 3.8) is 0 Å². The molecule has 110 valence electrons. The maximum atomic E-state index is 12.4. The minimum absolute atomic E-state index is 0.148. The molecule has 1 aliphatic heterocycles. The number of hydrogen-bond acceptors (Lipinski definition) is 3. The van der Waals surface area contributed by atoms with Crippen LogP contribution in [0.2, 0.25) is 0 Å². The van der Waals surface area contributed by atoms with Crippen LogP contribution in [0.4, 0.5) is 0 Å². The monoisotopic (exact) mass is 279 g/mol. The Kier molecular flexibility index (Phi) is 3.36. The van der Waals surface area contributed by atoms with Gasteiger partial charge < -0.3 is 10.0 Å². The second-order valence-corrected chi connectivity index (χ2v) is 6.69. The van der Waals surface area contributed by atoms with E-state index in [1.807, 2.05) is 20.8 Å². The summed E-state index contributed by atoms with van der Waals surface area (Å²) in [6.07, 6.45) is 3.75. The van der Waals surface area contributed by atoms with Crippen LogP contribution in [0.25, 0.3) is 0 Å². The van der Waals surface area contributed by atoms with Gasteiger partial charge in [0, 0.05) is 19.3 Å². The zero-order chi connectivity index (χ0) is 15.1. The zero-order valence-corrected chi connectivity index (χ0v) is 12.4. The highest BCUT2D eigenvalue weighted by Gasteiger charge is 2.42. The summed E-state index contributed by atoms with van der Waals surface area (Å²) in [7, 11) is 0. The van der Waals surface area contributed by atoms with Crippen LogP contribution in [-0.2, 0) is 10.3 Å². The first-order valence-electron chi connectivity index (χ1n) is 6.71. The van der Waals surface area contributed by atoms with Crippen molar-refractivity contribution in [2.75, 3.05) is 13.1 Å². The molecule has 0 unspecified atom stereocenters. The maximum absolute atomic E-state index is 12.4. The van der Waals surface area contributed by atoms with E-state index in [4.69, 9.17) is 0 Å². The van der Waals surface area contributed by atoms with Crippen LogP contribution in [0.1, 0.15) is 44.5 Å². The molecule has 20 heavy (non-hydrogen) atoms. The molecule has 1 aromatic heterocycles. The molecule has 0 bridgehead atoms. The van der Waals surface area contributed by atoms with Gasteiger partial charge in [0.25, 0.3) is 5.91 Å². The van der Waals surface area contributed by atoms with Gasteiger partial charge in [0.2, 0.25) is 0 Å². The highest BCUT2D eigenvalue weighted by atomic mass is 16.4. The van der Waals surface area contributed by atoms with Gasteiger partial charge in [-0.15, -0.1) is 0 Å². The van der Waals surface area contributed by atoms with Gasteiger partial charge in [0.15, 0.2) is 0 Å². The molecule has 1 aliphatic rings. The number of amides is 1. The van der Waals surface area contributed by atoms with Crippen LogP contribution in [0.15, 0.2) is 12.4 Å². The molecular formula is C14H21N3O3. The fourth-order valence-corrected chi connectivity index (χ4v) is 2.29. The second kappa shape index (κ2) is 4.61. The molecule has 0 spiro atoms. The van der Waals surface area contributed by atoms with E-state index in [9.17, 15) is 14.7 Å². The molecule has 0 saturated carbocycles. The summed E-state index contributed by atoms with van der Waals surface area (Å²) < 4.78 is 1.74. The lowest BCUT2D eigenvalue weighted by atomic mass is 9.90. The average molecular weight is 279 g/mol. The molecule has 6 nitrogen and oxygen atoms in total. The predicted molar refractivity (Wildman–Crippen MR) is 73.5 cm³/mol. The Hall–Kier alpha value is -1.85. The number of carboxylic acid groups (broad SMARTS) is 1. The van der Waals surface area contributed by atoms with E-state index in [2.05, 4.69) is 5.10 Å². The van der Waals surface area contributed by atoms with Crippen molar-refractivity contribution >= 4 is 11.9 Å². The van der Waals surface area contributed by atoms with Gasteiger partial charge in [-0.3, -0.25) is 14.3 Å². The number of rotatable bonds is 2. The van der Waals surface area contributed by atoms with Crippen LogP contribution < -0.4 is 0 Å². The fourth-order valence-electron chi connectivity index (χ4n) is 2.29. The molecule has 1 N–H and O–H groups in total. The summed E-state index contributed by atoms with van der Waals surface area (Å²) in [6, 6.07) is 0. The number of carboxylic acids is 1. The average Bonchev–Trinajstić information content (AvgIpc) is 2.94. The standard InChI is InChI=1S/C14H21N3O3/c1-13(2,3)17-8-10(7-15-17)11(18)16-6-5-14(4,9-16)12(19)20/h7-8H,5-6,9H2,1-4H3,(H,19,20)/t14-/m1/s1. The van der Waals surface area contributed by atoms with Crippen LogP contribution in [0.3, 0.4) is 0 Å². The number of carbonyl (C=O) groups is 2. The lowest BCUT2D eigenvalue weighted by molar-refractivity contribution is -0.147. The zero-order valence-electron chi connectivity index (χ0n) is 12.4. The van der Waals surface area contributed by atoms with Crippen molar-refractivity contribution in [1.29, 1.82) is 0 Å². The van der Waals surface area contributed by atoms with Crippen LogP contribution in [0.5, 0.6) is 0 Å². The molecule has 1 fully saturated rings. The van der Waals surface area contributed by atoms with Gasteiger partial charge in [-0.1, -0.05) is 0 Å². The second-order valence-electron chi connectivity index (χ2n) is 6.69. The van der Waals surface area contributed by atoms with Crippen molar-refractivity contribution in [2.24, 2.45) is 5.41 Å². The number of likely N-dealkylation sites (tertiary alicyclic amines) is 1. The fraction of sp³-hybridized carbons (Fsp3) is 0.643. The molecular weight excluding hydrogens is 258 g/mol. The molecule has 0 radical (unpaired) electrons. The van der Waals surface area contributed by atoms with Crippen LogP contribution in [-0.4, -0.2) is 44.8 Å². The minimum Gasteiger partial charge on any atom is -0.481 e. The molecule has 1 aromatic rings. The normalized spacial score (nSPS) is 23.1. The topological polar surface area (TPSA) is 75.4 Å². The molecule has 1 atom stereocenters. The molecule has 0 aromatic carbocycles. The molecule has 1 saturated heterocycles. The summed E-state index contributed by atoms with van der Waals surface area (Å²) in [4.78, 5) is 25.2. The van der Waals surface area contributed by atoms with Crippen molar-refractivity contribution < 1.29 is 14.7 Å². The third kappa shape index (κ3) is 2.55. The van der Waals surface area contributed by atoms with Gasteiger partial charge in [0.05, 0.1) is 22.7 Å². The Bertz CT molecular complexity index is 544. The van der Waals surface area contributed by atoms with Gasteiger partial charge in [-0.2, -0.15) is 5.10 Å². The summed E-state index contributed by atoms with van der Waals surface area (Å²) in [5.41, 5.74) is -0.510. The number of carbonyl (C=O) groups excluding carboxylic acids is 1. The van der Waals surface area contributed by atoms with Crippen LogP contribution >= 0.6 is 0 Å². The quantitative estimate of drug-likeness (QED) is 0.891. The highest BCUT2D eigenvalue weighted by Crippen LogP contribution is 2.31. The van der Waals surface area contributed by atoms with Crippen molar-refractivity contribution in [1.82, 2.24) is 14.7 Å². The van der Waals surface area contributed by atoms with E-state index >= 15 is 0 Å². The number of nitrogens with zero attached hydrogens (tertiary/aromatic N) is 3. The Morgan fingerprint density at radius 1 is 1.40 bits per heavy atom. The molecule has 2 heterocycles. The van der Waals surface area contributed by atoms with E-state index in [0.29, 0.717) is 18.5 Å². The van der Waals surface area contributed by atoms with Gasteiger partial charge in [-0.25, -0.2) is 0 Å². The van der Waals surface area contributed by atoms with Crippen molar-refractivity contribution in [3.05, 3.63) is 18.0 Å². The lowest BCUT2D eigenvalue weighted by Gasteiger charge is -2.20. The third-order valence-electron chi connectivity index (χ3n) is 3.79. The van der Waals surface area contributed by atoms with E-state index in [-0.39, 0.29) is 18.0 Å². The van der Waals surface area contributed by atoms with E-state index in [1.165, 1.54) is 0 Å². The highest BCUT2D eigenvalue weighted by molar-refractivity contribution is 5.94. The number of aliphatic carboxylic acids is 1. The Balaban J connectivity index is 2.14. The Morgan fingerprint density at radius 2 is 2.05 bits per heavy atom. The largest absolute Gasteiger partial charge is 0.481 e. The summed E-state index contributed by atoms with van der Waals surface area (Å²) >= 11 is 0. The molecule has 6 heteroatoms. The third-order valence-corrected chi connectivity index (χ3v) is 3.79. The Labute approximate surface area is 118 Å². The Morgan fingerprint density at radius 3 is 2.50 bits per heavy atom. The summed E-state index contributed by atoms with van der Waals surface area (Å²) in [6.45, 7) is 8.42. The molecule has 0 aliphatic carbocycles. The maximum Gasteiger partial charge on any atom is 0.311 e. The predicted octanol–water partition coefficient (Wildman–Crippen LogP) is 1.57. The van der Waals surface area contributed by atoms with Gasteiger partial charge in [0.1, 0.15) is 0 Å². The molecule has 2 rings (SSSR count). The van der Waals surface area contributed by atoms with Gasteiger partial charge in [-0.05, 0) is 34.1 Å². The smallest absolute Gasteiger partial charge is 0.311 e. The minimum atomic E-state index is -0.849.